The summed E-state index contributed by atoms with van der Waals surface area (Å²) >= 11 is 1.66. The second-order valence-electron chi connectivity index (χ2n) is 5.22. The van der Waals surface area contributed by atoms with Crippen molar-refractivity contribution in [3.63, 3.8) is 0 Å². The smallest absolute Gasteiger partial charge is 0.191 e. The summed E-state index contributed by atoms with van der Waals surface area (Å²) < 4.78 is 7.28. The topological polar surface area (TPSA) is 52.3 Å². The summed E-state index contributed by atoms with van der Waals surface area (Å²) in [6.45, 7) is 2.10. The quantitative estimate of drug-likeness (QED) is 0.415. The molecular weight excluding hydrogens is 320 g/mol. The minimum absolute atomic E-state index is 0.642. The first kappa shape index (κ1) is 15.0. The molecule has 2 aromatic heterocycles. The number of hydrogen-bond donors (Lipinski definition) is 0. The van der Waals surface area contributed by atoms with Gasteiger partial charge in [-0.3, -0.25) is 0 Å². The van der Waals surface area contributed by atoms with E-state index in [-0.39, 0.29) is 0 Å². The fourth-order valence-corrected chi connectivity index (χ4v) is 3.37. The van der Waals surface area contributed by atoms with Gasteiger partial charge in [0.05, 0.1) is 18.2 Å². The van der Waals surface area contributed by atoms with Crippen molar-refractivity contribution in [3.8, 4) is 17.1 Å². The highest BCUT2D eigenvalue weighted by molar-refractivity contribution is 7.99. The van der Waals surface area contributed by atoms with Crippen molar-refractivity contribution in [3.05, 3.63) is 48.5 Å². The minimum atomic E-state index is 0.642. The fraction of sp³-hybridized carbons (Fsp3) is 0.167. The zero-order chi connectivity index (χ0) is 16.5. The van der Waals surface area contributed by atoms with Crippen molar-refractivity contribution in [2.75, 3.05) is 12.9 Å². The van der Waals surface area contributed by atoms with Crippen LogP contribution in [0.3, 0.4) is 0 Å². The van der Waals surface area contributed by atoms with E-state index in [4.69, 9.17) is 19.8 Å². The summed E-state index contributed by atoms with van der Waals surface area (Å²) in [5.41, 5.74) is 2.62. The lowest BCUT2D eigenvalue weighted by atomic mass is 10.2. The van der Waals surface area contributed by atoms with Gasteiger partial charge in [-0.2, -0.15) is 4.52 Å². The van der Waals surface area contributed by atoms with E-state index in [1.807, 2.05) is 53.0 Å². The molecule has 0 unspecified atom stereocenters. The summed E-state index contributed by atoms with van der Waals surface area (Å²) in [4.78, 5) is 9.52. The average molecular weight is 336 g/mol. The molecule has 2 heterocycles. The largest absolute Gasteiger partial charge is 0.496 e. The maximum atomic E-state index is 5.45. The van der Waals surface area contributed by atoms with E-state index in [1.165, 1.54) is 0 Å². The maximum absolute atomic E-state index is 5.45. The van der Waals surface area contributed by atoms with E-state index >= 15 is 0 Å². The Labute approximate surface area is 143 Å². The van der Waals surface area contributed by atoms with E-state index in [9.17, 15) is 0 Å². The highest BCUT2D eigenvalue weighted by Gasteiger charge is 2.16. The van der Waals surface area contributed by atoms with Gasteiger partial charge in [-0.25, -0.2) is 9.97 Å². The standard InChI is InChI=1S/C18H16N4OS/c1-3-24-18-19-14-10-6-4-8-12(14)17-20-16(21-22(17)18)13-9-5-7-11-15(13)23-2/h4-11H,3H2,1-2H3. The summed E-state index contributed by atoms with van der Waals surface area (Å²) in [6.07, 6.45) is 0. The van der Waals surface area contributed by atoms with Crippen LogP contribution in [0.25, 0.3) is 27.9 Å². The Morgan fingerprint density at radius 1 is 1.04 bits per heavy atom. The van der Waals surface area contributed by atoms with Crippen LogP contribution in [0.15, 0.2) is 53.7 Å². The first-order chi connectivity index (χ1) is 11.8. The summed E-state index contributed by atoms with van der Waals surface area (Å²) in [6, 6.07) is 15.8. The molecular formula is C18H16N4OS. The number of ether oxygens (including phenoxy) is 1. The van der Waals surface area contributed by atoms with Gasteiger partial charge >= 0.3 is 0 Å². The van der Waals surface area contributed by atoms with Crippen LogP contribution >= 0.6 is 11.8 Å². The molecule has 0 aliphatic heterocycles. The number of hydrogen-bond acceptors (Lipinski definition) is 5. The molecule has 5 nitrogen and oxygen atoms in total. The van der Waals surface area contributed by atoms with Crippen LogP contribution in [0.4, 0.5) is 0 Å². The second-order valence-corrected chi connectivity index (χ2v) is 6.45. The van der Waals surface area contributed by atoms with Crippen LogP contribution in [-0.2, 0) is 0 Å². The van der Waals surface area contributed by atoms with Gasteiger partial charge in [-0.1, -0.05) is 43.0 Å². The normalized spacial score (nSPS) is 11.2. The molecule has 0 amide bonds. The number of rotatable bonds is 4. The van der Waals surface area contributed by atoms with Crippen molar-refractivity contribution in [2.24, 2.45) is 0 Å². The molecule has 2 aromatic carbocycles. The third-order valence-electron chi connectivity index (χ3n) is 3.77. The molecule has 0 spiro atoms. The molecule has 0 bridgehead atoms. The molecule has 0 fully saturated rings. The number of aromatic nitrogens is 4. The zero-order valence-corrected chi connectivity index (χ0v) is 14.2. The molecule has 4 aromatic rings. The second kappa shape index (κ2) is 6.13. The van der Waals surface area contributed by atoms with Crippen LogP contribution in [0.2, 0.25) is 0 Å². The van der Waals surface area contributed by atoms with E-state index in [0.717, 1.165) is 38.8 Å². The predicted octanol–water partition coefficient (Wildman–Crippen LogP) is 4.07. The lowest BCUT2D eigenvalue weighted by Crippen LogP contribution is -1.98. The number of benzene rings is 2. The average Bonchev–Trinajstić information content (AvgIpc) is 3.08. The Morgan fingerprint density at radius 2 is 1.83 bits per heavy atom. The molecule has 120 valence electrons. The molecule has 0 atom stereocenters. The molecule has 0 saturated heterocycles. The first-order valence-corrected chi connectivity index (χ1v) is 8.72. The Kier molecular flexibility index (Phi) is 3.82. The summed E-state index contributed by atoms with van der Waals surface area (Å²) in [5, 5.41) is 6.54. The highest BCUT2D eigenvalue weighted by Crippen LogP contribution is 2.30. The van der Waals surface area contributed by atoms with Gasteiger partial charge in [-0.15, -0.1) is 5.10 Å². The minimum Gasteiger partial charge on any atom is -0.496 e. The highest BCUT2D eigenvalue weighted by atomic mass is 32.2. The maximum Gasteiger partial charge on any atom is 0.191 e. The number of nitrogens with zero attached hydrogens (tertiary/aromatic N) is 4. The van der Waals surface area contributed by atoms with Crippen molar-refractivity contribution < 1.29 is 4.74 Å². The zero-order valence-electron chi connectivity index (χ0n) is 13.4. The summed E-state index contributed by atoms with van der Waals surface area (Å²) in [5.74, 6) is 2.32. The third kappa shape index (κ3) is 2.39. The SMILES string of the molecule is CCSc1nc2ccccc2c2nc(-c3ccccc3OC)nn12. The van der Waals surface area contributed by atoms with E-state index in [1.54, 1.807) is 18.9 Å². The number of thioether (sulfide) groups is 1. The van der Waals surface area contributed by atoms with Gasteiger partial charge < -0.3 is 4.74 Å². The van der Waals surface area contributed by atoms with Gasteiger partial charge in [-0.05, 0) is 30.0 Å². The van der Waals surface area contributed by atoms with Crippen LogP contribution in [0.1, 0.15) is 6.92 Å². The third-order valence-corrected chi connectivity index (χ3v) is 4.58. The van der Waals surface area contributed by atoms with Crippen molar-refractivity contribution in [1.29, 1.82) is 0 Å². The van der Waals surface area contributed by atoms with E-state index in [0.29, 0.717) is 5.82 Å². The molecule has 6 heteroatoms. The van der Waals surface area contributed by atoms with Crippen LogP contribution < -0.4 is 4.74 Å². The molecule has 0 radical (unpaired) electrons. The van der Waals surface area contributed by atoms with Crippen LogP contribution in [0.5, 0.6) is 5.75 Å². The molecule has 0 saturated carbocycles. The monoisotopic (exact) mass is 336 g/mol. The number of methoxy groups -OCH3 is 1. The Bertz CT molecular complexity index is 1030. The van der Waals surface area contributed by atoms with Gasteiger partial charge in [0.2, 0.25) is 0 Å². The first-order valence-electron chi connectivity index (χ1n) is 7.73. The predicted molar refractivity (Wildman–Crippen MR) is 96.7 cm³/mol. The van der Waals surface area contributed by atoms with E-state index in [2.05, 4.69) is 6.92 Å². The molecule has 0 aliphatic carbocycles. The molecule has 0 N–H and O–H groups in total. The Morgan fingerprint density at radius 3 is 2.67 bits per heavy atom. The lowest BCUT2D eigenvalue weighted by molar-refractivity contribution is 0.416. The van der Waals surface area contributed by atoms with Gasteiger partial charge in [0.1, 0.15) is 5.75 Å². The van der Waals surface area contributed by atoms with Gasteiger partial charge in [0.25, 0.3) is 0 Å². The van der Waals surface area contributed by atoms with Crippen LogP contribution in [0, 0.1) is 0 Å². The molecule has 24 heavy (non-hydrogen) atoms. The van der Waals surface area contributed by atoms with Crippen molar-refractivity contribution in [2.45, 2.75) is 12.1 Å². The Balaban J connectivity index is 2.03. The van der Waals surface area contributed by atoms with E-state index < -0.39 is 0 Å². The van der Waals surface area contributed by atoms with Crippen molar-refractivity contribution >= 4 is 28.3 Å². The van der Waals surface area contributed by atoms with Gasteiger partial charge in [0.15, 0.2) is 16.6 Å². The lowest BCUT2D eigenvalue weighted by Gasteiger charge is -2.04. The number of fused-ring (bicyclic) bond motifs is 3. The Hall–Kier alpha value is -2.60. The number of para-hydroxylation sites is 2. The summed E-state index contributed by atoms with van der Waals surface area (Å²) in [7, 11) is 1.66. The fourth-order valence-electron chi connectivity index (χ4n) is 2.70. The van der Waals surface area contributed by atoms with Gasteiger partial charge in [0, 0.05) is 5.39 Å². The van der Waals surface area contributed by atoms with Crippen molar-refractivity contribution in [1.82, 2.24) is 19.6 Å². The molecule has 4 rings (SSSR count). The molecule has 0 aliphatic rings. The van der Waals surface area contributed by atoms with Crippen LogP contribution in [-0.4, -0.2) is 32.4 Å².